The lowest BCUT2D eigenvalue weighted by molar-refractivity contribution is -0.384. The second-order valence-corrected chi connectivity index (χ2v) is 8.61. The SMILES string of the molecule is CCCCOc1ccc(C2C(C#N)=C(N)Oc3cc(OC(=O)c4cc([N+](=O)[O-])ccc4Cl)ccc32)cc1. The van der Waals surface area contributed by atoms with Crippen molar-refractivity contribution in [2.24, 2.45) is 5.73 Å². The normalized spacial score (nSPS) is 14.2. The Kier molecular flexibility index (Phi) is 7.60. The standard InChI is InChI=1S/C27H22ClN3O6/c1-2-3-12-35-18-7-4-16(5-8-18)25-20-10-9-19(14-24(20)37-26(30)22(25)15-29)36-27(32)21-13-17(31(33)34)6-11-23(21)28/h4-11,13-14,25H,2-3,12,30H2,1H3. The zero-order valence-corrected chi connectivity index (χ0v) is 20.5. The van der Waals surface area contributed by atoms with Gasteiger partial charge in [0.2, 0.25) is 5.88 Å². The fourth-order valence-electron chi connectivity index (χ4n) is 3.88. The van der Waals surface area contributed by atoms with Crippen LogP contribution in [0.2, 0.25) is 5.02 Å². The van der Waals surface area contributed by atoms with Gasteiger partial charge in [0.05, 0.1) is 28.0 Å². The number of allylic oxidation sites excluding steroid dienone is 1. The number of fused-ring (bicyclic) bond motifs is 1. The van der Waals surface area contributed by atoms with Crippen molar-refractivity contribution in [3.05, 3.63) is 104 Å². The van der Waals surface area contributed by atoms with Crippen LogP contribution in [0.5, 0.6) is 17.2 Å². The van der Waals surface area contributed by atoms with Gasteiger partial charge < -0.3 is 19.9 Å². The molecule has 1 unspecified atom stereocenters. The Morgan fingerprint density at radius 2 is 1.89 bits per heavy atom. The molecule has 0 saturated heterocycles. The maximum Gasteiger partial charge on any atom is 0.345 e. The van der Waals surface area contributed by atoms with Crippen LogP contribution in [0.4, 0.5) is 5.69 Å². The number of unbranched alkanes of at least 4 members (excludes halogenated alkanes) is 1. The van der Waals surface area contributed by atoms with Crippen molar-refractivity contribution in [3.63, 3.8) is 0 Å². The third-order valence-corrected chi connectivity index (χ3v) is 6.09. The lowest BCUT2D eigenvalue weighted by Gasteiger charge is -2.26. The molecule has 3 aromatic rings. The van der Waals surface area contributed by atoms with Gasteiger partial charge in [0.15, 0.2) is 0 Å². The van der Waals surface area contributed by atoms with E-state index >= 15 is 0 Å². The van der Waals surface area contributed by atoms with Gasteiger partial charge in [-0.2, -0.15) is 5.26 Å². The van der Waals surface area contributed by atoms with E-state index in [-0.39, 0.29) is 33.5 Å². The first kappa shape index (κ1) is 25.5. The third-order valence-electron chi connectivity index (χ3n) is 5.76. The molecule has 37 heavy (non-hydrogen) atoms. The van der Waals surface area contributed by atoms with Gasteiger partial charge in [0.25, 0.3) is 5.69 Å². The van der Waals surface area contributed by atoms with Gasteiger partial charge in [-0.3, -0.25) is 10.1 Å². The van der Waals surface area contributed by atoms with Crippen molar-refractivity contribution in [1.29, 1.82) is 5.26 Å². The van der Waals surface area contributed by atoms with E-state index in [1.165, 1.54) is 24.3 Å². The number of hydrogen-bond acceptors (Lipinski definition) is 8. The zero-order chi connectivity index (χ0) is 26.5. The lowest BCUT2D eigenvalue weighted by atomic mass is 9.83. The van der Waals surface area contributed by atoms with Crippen molar-refractivity contribution >= 4 is 23.3 Å². The zero-order valence-electron chi connectivity index (χ0n) is 19.8. The molecule has 0 aliphatic carbocycles. The molecule has 0 fully saturated rings. The number of rotatable bonds is 8. The molecule has 0 aromatic heterocycles. The van der Waals surface area contributed by atoms with E-state index in [1.54, 1.807) is 6.07 Å². The molecule has 0 saturated carbocycles. The van der Waals surface area contributed by atoms with Crippen molar-refractivity contribution in [3.8, 4) is 23.3 Å². The van der Waals surface area contributed by atoms with E-state index < -0.39 is 16.8 Å². The summed E-state index contributed by atoms with van der Waals surface area (Å²) in [7, 11) is 0. The number of ether oxygens (including phenoxy) is 3. The Morgan fingerprint density at radius 1 is 1.16 bits per heavy atom. The Labute approximate surface area is 217 Å². The number of nitro benzene ring substituents is 1. The molecule has 0 amide bonds. The molecule has 0 radical (unpaired) electrons. The van der Waals surface area contributed by atoms with Crippen LogP contribution in [0.1, 0.15) is 47.2 Å². The van der Waals surface area contributed by atoms with Crippen LogP contribution in [0.25, 0.3) is 0 Å². The Morgan fingerprint density at radius 3 is 2.57 bits per heavy atom. The molecule has 1 aliphatic heterocycles. The minimum atomic E-state index is -0.874. The third kappa shape index (κ3) is 5.50. The van der Waals surface area contributed by atoms with Crippen molar-refractivity contribution < 1.29 is 23.9 Å². The minimum Gasteiger partial charge on any atom is -0.494 e. The summed E-state index contributed by atoms with van der Waals surface area (Å²) in [4.78, 5) is 23.1. The van der Waals surface area contributed by atoms with Gasteiger partial charge in [0.1, 0.15) is 28.9 Å². The average Bonchev–Trinajstić information content (AvgIpc) is 2.88. The van der Waals surface area contributed by atoms with E-state index in [1.807, 2.05) is 24.3 Å². The van der Waals surface area contributed by atoms with Gasteiger partial charge in [-0.15, -0.1) is 0 Å². The summed E-state index contributed by atoms with van der Waals surface area (Å²) >= 11 is 6.05. The number of esters is 1. The first-order valence-electron chi connectivity index (χ1n) is 11.4. The molecule has 1 aliphatic rings. The van der Waals surface area contributed by atoms with Crippen LogP contribution in [0.3, 0.4) is 0 Å². The molecule has 3 aromatic carbocycles. The van der Waals surface area contributed by atoms with Crippen LogP contribution < -0.4 is 19.9 Å². The summed E-state index contributed by atoms with van der Waals surface area (Å²) in [6.07, 6.45) is 1.98. The number of non-ortho nitro benzene ring substituents is 1. The van der Waals surface area contributed by atoms with E-state index in [2.05, 4.69) is 13.0 Å². The topological polar surface area (TPSA) is 138 Å². The Hall–Kier alpha value is -4.55. The van der Waals surface area contributed by atoms with Crippen LogP contribution in [0, 0.1) is 21.4 Å². The number of carbonyl (C=O) groups is 1. The van der Waals surface area contributed by atoms with Crippen LogP contribution in [-0.4, -0.2) is 17.5 Å². The first-order chi connectivity index (χ1) is 17.8. The summed E-state index contributed by atoms with van der Waals surface area (Å²) in [6.45, 7) is 2.71. The summed E-state index contributed by atoms with van der Waals surface area (Å²) in [5.74, 6) is -0.302. The van der Waals surface area contributed by atoms with Gasteiger partial charge in [0, 0.05) is 23.8 Å². The lowest BCUT2D eigenvalue weighted by Crippen LogP contribution is -2.21. The summed E-state index contributed by atoms with van der Waals surface area (Å²) < 4.78 is 16.8. The van der Waals surface area contributed by atoms with Crippen molar-refractivity contribution in [2.75, 3.05) is 6.61 Å². The number of nitrogens with zero attached hydrogens (tertiary/aromatic N) is 2. The van der Waals surface area contributed by atoms with Gasteiger partial charge in [-0.25, -0.2) is 4.79 Å². The maximum atomic E-state index is 12.7. The Bertz CT molecular complexity index is 1430. The fourth-order valence-corrected chi connectivity index (χ4v) is 4.07. The molecule has 9 nitrogen and oxygen atoms in total. The number of hydrogen-bond donors (Lipinski definition) is 1. The maximum absolute atomic E-state index is 12.7. The van der Waals surface area contributed by atoms with E-state index in [0.29, 0.717) is 17.9 Å². The number of nitrogens with two attached hydrogens (primary N) is 1. The minimum absolute atomic E-state index is 0.0119. The summed E-state index contributed by atoms with van der Waals surface area (Å²) in [5, 5.41) is 20.9. The number of carbonyl (C=O) groups excluding carboxylic acids is 1. The van der Waals surface area contributed by atoms with Crippen LogP contribution >= 0.6 is 11.6 Å². The predicted octanol–water partition coefficient (Wildman–Crippen LogP) is 5.86. The van der Waals surface area contributed by atoms with Crippen molar-refractivity contribution in [1.82, 2.24) is 0 Å². The molecule has 10 heteroatoms. The molecule has 0 spiro atoms. The monoisotopic (exact) mass is 519 g/mol. The molecular formula is C27H22ClN3O6. The number of nitriles is 1. The smallest absolute Gasteiger partial charge is 0.345 e. The van der Waals surface area contributed by atoms with Crippen LogP contribution in [0.15, 0.2) is 72.1 Å². The fraction of sp³-hybridized carbons (Fsp3) is 0.185. The molecule has 1 heterocycles. The molecule has 0 bridgehead atoms. The van der Waals surface area contributed by atoms with Crippen molar-refractivity contribution in [2.45, 2.75) is 25.7 Å². The van der Waals surface area contributed by atoms with Gasteiger partial charge in [-0.1, -0.05) is 43.1 Å². The van der Waals surface area contributed by atoms with E-state index in [9.17, 15) is 20.2 Å². The highest BCUT2D eigenvalue weighted by Crippen LogP contribution is 2.43. The average molecular weight is 520 g/mol. The quantitative estimate of drug-likeness (QED) is 0.128. The highest BCUT2D eigenvalue weighted by atomic mass is 35.5. The number of benzene rings is 3. The van der Waals surface area contributed by atoms with Gasteiger partial charge >= 0.3 is 5.97 Å². The highest BCUT2D eigenvalue weighted by Gasteiger charge is 2.31. The molecule has 1 atom stereocenters. The van der Waals surface area contributed by atoms with E-state index in [4.69, 9.17) is 31.5 Å². The Balaban J connectivity index is 1.62. The predicted molar refractivity (Wildman–Crippen MR) is 136 cm³/mol. The second-order valence-electron chi connectivity index (χ2n) is 8.21. The molecule has 4 rings (SSSR count). The summed E-state index contributed by atoms with van der Waals surface area (Å²) in [6, 6.07) is 17.7. The van der Waals surface area contributed by atoms with E-state index in [0.717, 1.165) is 30.2 Å². The second kappa shape index (κ2) is 11.0. The highest BCUT2D eigenvalue weighted by molar-refractivity contribution is 6.33. The summed E-state index contributed by atoms with van der Waals surface area (Å²) in [5.41, 5.74) is 7.33. The molecule has 188 valence electrons. The number of nitro groups is 1. The first-order valence-corrected chi connectivity index (χ1v) is 11.8. The molecule has 2 N–H and O–H groups in total. The van der Waals surface area contributed by atoms with Gasteiger partial charge in [-0.05, 0) is 36.2 Å². The number of halogens is 1. The van der Waals surface area contributed by atoms with Crippen LogP contribution in [-0.2, 0) is 0 Å². The molecular weight excluding hydrogens is 498 g/mol. The largest absolute Gasteiger partial charge is 0.494 e.